The van der Waals surface area contributed by atoms with Crippen molar-refractivity contribution >= 4 is 5.69 Å². The molecule has 4 N–H and O–H groups in total. The van der Waals surface area contributed by atoms with E-state index in [1.165, 1.54) is 6.33 Å². The molecule has 0 amide bonds. The van der Waals surface area contributed by atoms with Gasteiger partial charge in [-0.25, -0.2) is 4.98 Å². The SMILES string of the molecule is C=C/C=C\C(=C/CC(NC)c1cc(-c2ncn[nH]2)ccc1N)OCC.CN1CCOCC1. The third kappa shape index (κ3) is 8.30. The van der Waals surface area contributed by atoms with Crippen molar-refractivity contribution in [2.45, 2.75) is 19.4 Å². The van der Waals surface area contributed by atoms with Crippen LogP contribution >= 0.6 is 0 Å². The van der Waals surface area contributed by atoms with E-state index in [4.69, 9.17) is 15.2 Å². The Labute approximate surface area is 191 Å². The van der Waals surface area contributed by atoms with Gasteiger partial charge in [-0.2, -0.15) is 5.10 Å². The number of aromatic nitrogens is 3. The van der Waals surface area contributed by atoms with Crippen molar-refractivity contribution in [3.8, 4) is 11.4 Å². The van der Waals surface area contributed by atoms with Crippen LogP contribution in [0.1, 0.15) is 24.9 Å². The molecular formula is C24H36N6O2. The number of rotatable bonds is 9. The number of H-pyrrole nitrogens is 1. The van der Waals surface area contributed by atoms with Crippen LogP contribution in [0, 0.1) is 0 Å². The summed E-state index contributed by atoms with van der Waals surface area (Å²) < 4.78 is 10.7. The molecular weight excluding hydrogens is 404 g/mol. The largest absolute Gasteiger partial charge is 0.494 e. The van der Waals surface area contributed by atoms with E-state index in [2.05, 4.69) is 39.0 Å². The first-order valence-electron chi connectivity index (χ1n) is 10.9. The maximum atomic E-state index is 6.20. The first kappa shape index (κ1) is 25.3. The molecule has 8 heteroatoms. The second-order valence-electron chi connectivity index (χ2n) is 7.30. The van der Waals surface area contributed by atoms with E-state index in [0.29, 0.717) is 6.61 Å². The van der Waals surface area contributed by atoms with Crippen LogP contribution in [-0.2, 0) is 9.47 Å². The van der Waals surface area contributed by atoms with Crippen molar-refractivity contribution in [1.29, 1.82) is 0 Å². The van der Waals surface area contributed by atoms with Crippen LogP contribution in [0.2, 0.25) is 0 Å². The van der Waals surface area contributed by atoms with Crippen molar-refractivity contribution in [3.63, 3.8) is 0 Å². The molecule has 1 aromatic heterocycles. The molecule has 0 radical (unpaired) electrons. The van der Waals surface area contributed by atoms with E-state index in [1.807, 2.05) is 50.4 Å². The molecule has 2 heterocycles. The fraction of sp³-hybridized carbons (Fsp3) is 0.417. The Kier molecular flexibility index (Phi) is 11.2. The predicted molar refractivity (Wildman–Crippen MR) is 130 cm³/mol. The molecule has 1 aromatic carbocycles. The number of allylic oxidation sites excluding steroid dienone is 3. The Morgan fingerprint density at radius 2 is 2.19 bits per heavy atom. The van der Waals surface area contributed by atoms with Gasteiger partial charge in [-0.05, 0) is 63.4 Å². The van der Waals surface area contributed by atoms with Crippen LogP contribution in [0.25, 0.3) is 11.4 Å². The summed E-state index contributed by atoms with van der Waals surface area (Å²) in [7, 11) is 4.03. The summed E-state index contributed by atoms with van der Waals surface area (Å²) in [4.78, 5) is 6.46. The van der Waals surface area contributed by atoms with Gasteiger partial charge in [0.25, 0.3) is 0 Å². The lowest BCUT2D eigenvalue weighted by Crippen LogP contribution is -2.32. The van der Waals surface area contributed by atoms with E-state index in [-0.39, 0.29) is 6.04 Å². The van der Waals surface area contributed by atoms with Gasteiger partial charge in [-0.3, -0.25) is 5.10 Å². The number of nitrogens with two attached hydrogens (primary N) is 1. The first-order valence-corrected chi connectivity index (χ1v) is 10.9. The summed E-state index contributed by atoms with van der Waals surface area (Å²) in [6.45, 7) is 10.3. The molecule has 1 atom stereocenters. The number of nitrogen functional groups attached to an aromatic ring is 1. The van der Waals surface area contributed by atoms with Gasteiger partial charge in [-0.1, -0.05) is 18.7 Å². The molecule has 0 bridgehead atoms. The number of anilines is 1. The number of benzene rings is 1. The molecule has 1 unspecified atom stereocenters. The minimum Gasteiger partial charge on any atom is -0.494 e. The van der Waals surface area contributed by atoms with Crippen molar-refractivity contribution in [2.24, 2.45) is 0 Å². The third-order valence-corrected chi connectivity index (χ3v) is 5.00. The topological polar surface area (TPSA) is 101 Å². The van der Waals surface area contributed by atoms with E-state index in [1.54, 1.807) is 6.08 Å². The Balaban J connectivity index is 0.000000439. The van der Waals surface area contributed by atoms with Crippen molar-refractivity contribution in [3.05, 3.63) is 66.7 Å². The normalized spacial score (nSPS) is 15.8. The number of hydrogen-bond acceptors (Lipinski definition) is 7. The van der Waals surface area contributed by atoms with Gasteiger partial charge < -0.3 is 25.4 Å². The summed E-state index contributed by atoms with van der Waals surface area (Å²) in [5, 5.41) is 10.1. The van der Waals surface area contributed by atoms with Crippen LogP contribution in [0.5, 0.6) is 0 Å². The number of aromatic amines is 1. The maximum Gasteiger partial charge on any atom is 0.155 e. The van der Waals surface area contributed by atoms with Crippen LogP contribution in [0.15, 0.2) is 61.2 Å². The highest BCUT2D eigenvalue weighted by Gasteiger charge is 2.14. The summed E-state index contributed by atoms with van der Waals surface area (Å²) in [5.74, 6) is 1.53. The van der Waals surface area contributed by atoms with Crippen molar-refractivity contribution < 1.29 is 9.47 Å². The Morgan fingerprint density at radius 1 is 1.41 bits per heavy atom. The van der Waals surface area contributed by atoms with Gasteiger partial charge in [0.2, 0.25) is 0 Å². The quantitative estimate of drug-likeness (QED) is 0.312. The Hall–Kier alpha value is -2.94. The van der Waals surface area contributed by atoms with Gasteiger partial charge >= 0.3 is 0 Å². The van der Waals surface area contributed by atoms with Gasteiger partial charge in [-0.15, -0.1) is 0 Å². The summed E-state index contributed by atoms with van der Waals surface area (Å²) in [6, 6.07) is 5.91. The zero-order valence-corrected chi connectivity index (χ0v) is 19.4. The van der Waals surface area contributed by atoms with Crippen LogP contribution in [-0.4, -0.2) is 67.1 Å². The lowest BCUT2D eigenvalue weighted by molar-refractivity contribution is 0.0503. The molecule has 0 spiro atoms. The minimum atomic E-state index is 0.0514. The van der Waals surface area contributed by atoms with E-state index < -0.39 is 0 Å². The molecule has 1 aliphatic rings. The summed E-state index contributed by atoms with van der Waals surface area (Å²) >= 11 is 0. The fourth-order valence-electron chi connectivity index (χ4n) is 3.16. The third-order valence-electron chi connectivity index (χ3n) is 5.00. The average Bonchev–Trinajstić information content (AvgIpc) is 3.35. The smallest absolute Gasteiger partial charge is 0.155 e. The number of hydrogen-bond donors (Lipinski definition) is 3. The molecule has 1 saturated heterocycles. The minimum absolute atomic E-state index is 0.0514. The number of nitrogens with one attached hydrogen (secondary N) is 2. The second-order valence-corrected chi connectivity index (χ2v) is 7.30. The molecule has 8 nitrogen and oxygen atoms in total. The Bertz CT molecular complexity index is 857. The van der Waals surface area contributed by atoms with Gasteiger partial charge in [0.1, 0.15) is 12.1 Å². The predicted octanol–water partition coefficient (Wildman–Crippen LogP) is 3.32. The standard InChI is InChI=1S/C19H25N5O.C5H11NO/c1-4-6-7-15(25-5-2)9-11-18(21-3)16-12-14(8-10-17(16)20)19-22-13-23-24-19;1-6-2-4-7-5-3-6/h4,6-10,12-13,18,21H,1,5,11,20H2,2-3H3,(H,22,23,24);2-5H2,1H3/b7-6-,15-9+;. The number of morpholine rings is 1. The van der Waals surface area contributed by atoms with E-state index in [0.717, 1.165) is 61.1 Å². The highest BCUT2D eigenvalue weighted by Crippen LogP contribution is 2.28. The monoisotopic (exact) mass is 440 g/mol. The van der Waals surface area contributed by atoms with Crippen LogP contribution in [0.4, 0.5) is 5.69 Å². The molecule has 174 valence electrons. The fourth-order valence-corrected chi connectivity index (χ4v) is 3.16. The number of ether oxygens (including phenoxy) is 2. The summed E-state index contributed by atoms with van der Waals surface area (Å²) in [6.07, 6.45) is 9.75. The van der Waals surface area contributed by atoms with Crippen LogP contribution < -0.4 is 11.1 Å². The molecule has 0 saturated carbocycles. The first-order chi connectivity index (χ1) is 15.6. The lowest BCUT2D eigenvalue weighted by Gasteiger charge is -2.21. The maximum absolute atomic E-state index is 6.20. The highest BCUT2D eigenvalue weighted by molar-refractivity contribution is 5.62. The van der Waals surface area contributed by atoms with Crippen LogP contribution in [0.3, 0.4) is 0 Å². The molecule has 1 fully saturated rings. The molecule has 32 heavy (non-hydrogen) atoms. The number of nitrogens with zero attached hydrogens (tertiary/aromatic N) is 3. The van der Waals surface area contributed by atoms with Gasteiger partial charge in [0.15, 0.2) is 5.82 Å². The Morgan fingerprint density at radius 3 is 2.75 bits per heavy atom. The zero-order valence-electron chi connectivity index (χ0n) is 19.4. The van der Waals surface area contributed by atoms with E-state index >= 15 is 0 Å². The van der Waals surface area contributed by atoms with Gasteiger partial charge in [0, 0.05) is 30.4 Å². The molecule has 3 rings (SSSR count). The summed E-state index contributed by atoms with van der Waals surface area (Å²) in [5.41, 5.74) is 8.89. The molecule has 1 aliphatic heterocycles. The second kappa shape index (κ2) is 14.2. The number of likely N-dealkylation sites (N-methyl/N-ethyl adjacent to an activating group) is 1. The van der Waals surface area contributed by atoms with Crippen molar-refractivity contribution in [1.82, 2.24) is 25.4 Å². The lowest BCUT2D eigenvalue weighted by atomic mass is 9.98. The molecule has 2 aromatic rings. The zero-order chi connectivity index (χ0) is 23.2. The molecule has 0 aliphatic carbocycles. The average molecular weight is 441 g/mol. The highest BCUT2D eigenvalue weighted by atomic mass is 16.5. The van der Waals surface area contributed by atoms with Crippen molar-refractivity contribution in [2.75, 3.05) is 52.7 Å². The van der Waals surface area contributed by atoms with Gasteiger partial charge in [0.05, 0.1) is 19.8 Å². The van der Waals surface area contributed by atoms with E-state index in [9.17, 15) is 0 Å².